The first-order valence-electron chi connectivity index (χ1n) is 7.60. The summed E-state index contributed by atoms with van der Waals surface area (Å²) in [5, 5.41) is 2.60. The lowest BCUT2D eigenvalue weighted by molar-refractivity contribution is -0.124. The highest BCUT2D eigenvalue weighted by molar-refractivity contribution is 5.91. The van der Waals surface area contributed by atoms with E-state index in [1.165, 1.54) is 25.3 Å². The van der Waals surface area contributed by atoms with Crippen LogP contribution in [-0.2, 0) is 16.1 Å². The molecule has 0 spiro atoms. The molecule has 1 amide bonds. The first-order valence-corrected chi connectivity index (χ1v) is 7.60. The number of carbonyl (C=O) groups excluding carboxylic acids is 2. The quantitative estimate of drug-likeness (QED) is 0.728. The molecule has 0 atom stereocenters. The number of esters is 1. The van der Waals surface area contributed by atoms with Crippen molar-refractivity contribution in [2.45, 2.75) is 13.2 Å². The minimum Gasteiger partial charge on any atom is -0.496 e. The van der Waals surface area contributed by atoms with E-state index in [-0.39, 0.29) is 17.9 Å². The average molecular weight is 365 g/mol. The summed E-state index contributed by atoms with van der Waals surface area (Å²) in [5.41, 5.74) is 0.771. The molecule has 2 rings (SSSR count). The number of para-hydroxylation sites is 1. The minimum atomic E-state index is -3.00. The summed E-state index contributed by atoms with van der Waals surface area (Å²) in [6, 6.07) is 12.3. The van der Waals surface area contributed by atoms with Crippen molar-refractivity contribution in [3.05, 3.63) is 59.7 Å². The number of nitrogens with one attached hydrogen (secondary N) is 1. The summed E-state index contributed by atoms with van der Waals surface area (Å²) in [4.78, 5) is 23.7. The second-order valence-electron chi connectivity index (χ2n) is 5.07. The summed E-state index contributed by atoms with van der Waals surface area (Å²) in [6.07, 6.45) is 0. The van der Waals surface area contributed by atoms with Gasteiger partial charge < -0.3 is 19.5 Å². The Hall–Kier alpha value is -3.16. The molecule has 2 aromatic rings. The number of amides is 1. The summed E-state index contributed by atoms with van der Waals surface area (Å²) in [6.45, 7) is -3.30. The number of alkyl halides is 2. The molecule has 0 saturated carbocycles. The van der Waals surface area contributed by atoms with Crippen molar-refractivity contribution in [1.29, 1.82) is 0 Å². The number of benzene rings is 2. The normalized spacial score (nSPS) is 10.3. The Labute approximate surface area is 148 Å². The predicted octanol–water partition coefficient (Wildman–Crippen LogP) is 2.77. The van der Waals surface area contributed by atoms with E-state index in [0.717, 1.165) is 11.6 Å². The maximum atomic E-state index is 12.2. The number of methoxy groups -OCH3 is 1. The largest absolute Gasteiger partial charge is 0.496 e. The smallest absolute Gasteiger partial charge is 0.387 e. The monoisotopic (exact) mass is 365 g/mol. The first kappa shape index (κ1) is 19.2. The van der Waals surface area contributed by atoms with Gasteiger partial charge in [-0.15, -0.1) is 0 Å². The maximum absolute atomic E-state index is 12.2. The summed E-state index contributed by atoms with van der Waals surface area (Å²) in [7, 11) is 1.52. The molecule has 0 bridgehead atoms. The van der Waals surface area contributed by atoms with Gasteiger partial charge in [-0.2, -0.15) is 8.78 Å². The Morgan fingerprint density at radius 2 is 1.88 bits per heavy atom. The van der Waals surface area contributed by atoms with Gasteiger partial charge in [0, 0.05) is 12.1 Å². The molecule has 0 radical (unpaired) electrons. The molecule has 0 fully saturated rings. The molecule has 6 nitrogen and oxygen atoms in total. The van der Waals surface area contributed by atoms with E-state index in [0.29, 0.717) is 5.75 Å². The minimum absolute atomic E-state index is 0.000628. The molecular formula is C18H17F2NO5. The van der Waals surface area contributed by atoms with Gasteiger partial charge in [0.1, 0.15) is 11.5 Å². The van der Waals surface area contributed by atoms with Gasteiger partial charge in [0.05, 0.1) is 12.7 Å². The fourth-order valence-electron chi connectivity index (χ4n) is 2.11. The number of ether oxygens (including phenoxy) is 3. The fraction of sp³-hybridized carbons (Fsp3) is 0.222. The van der Waals surface area contributed by atoms with Gasteiger partial charge in [-0.05, 0) is 24.3 Å². The number of halogens is 2. The van der Waals surface area contributed by atoms with Gasteiger partial charge in [-0.25, -0.2) is 4.79 Å². The van der Waals surface area contributed by atoms with E-state index in [2.05, 4.69) is 10.1 Å². The highest BCUT2D eigenvalue weighted by Gasteiger charge is 2.13. The van der Waals surface area contributed by atoms with E-state index < -0.39 is 25.1 Å². The summed E-state index contributed by atoms with van der Waals surface area (Å²) < 4.78 is 38.6. The van der Waals surface area contributed by atoms with Crippen LogP contribution in [0, 0.1) is 0 Å². The Bertz CT molecular complexity index is 767. The zero-order chi connectivity index (χ0) is 18.9. The molecule has 8 heteroatoms. The van der Waals surface area contributed by atoms with E-state index in [4.69, 9.17) is 9.47 Å². The standard InChI is InChI=1S/C18H17F2NO5/c1-24-15-8-3-2-5-13(15)10-21-16(22)11-25-17(23)12-6-4-7-14(9-12)26-18(19)20/h2-9,18H,10-11H2,1H3,(H,21,22). The third kappa shape index (κ3) is 5.73. The highest BCUT2D eigenvalue weighted by Crippen LogP contribution is 2.17. The molecule has 26 heavy (non-hydrogen) atoms. The van der Waals surface area contributed by atoms with Gasteiger partial charge in [0.25, 0.3) is 5.91 Å². The highest BCUT2D eigenvalue weighted by atomic mass is 19.3. The van der Waals surface area contributed by atoms with E-state index in [1.54, 1.807) is 24.3 Å². The number of rotatable bonds is 8. The molecule has 0 saturated heterocycles. The van der Waals surface area contributed by atoms with Crippen molar-refractivity contribution in [1.82, 2.24) is 5.32 Å². The molecule has 0 aliphatic heterocycles. The van der Waals surface area contributed by atoms with Crippen LogP contribution in [0.25, 0.3) is 0 Å². The lowest BCUT2D eigenvalue weighted by atomic mass is 10.2. The topological polar surface area (TPSA) is 73.9 Å². The Morgan fingerprint density at radius 3 is 2.62 bits per heavy atom. The first-order chi connectivity index (χ1) is 12.5. The summed E-state index contributed by atoms with van der Waals surface area (Å²) in [5.74, 6) is -0.878. The molecule has 0 aliphatic carbocycles. The van der Waals surface area contributed by atoms with Gasteiger partial charge in [0.15, 0.2) is 6.61 Å². The fourth-order valence-corrected chi connectivity index (χ4v) is 2.11. The lowest BCUT2D eigenvalue weighted by Gasteiger charge is -2.10. The van der Waals surface area contributed by atoms with Crippen LogP contribution in [0.5, 0.6) is 11.5 Å². The Balaban J connectivity index is 1.84. The van der Waals surface area contributed by atoms with Crippen molar-refractivity contribution in [2.75, 3.05) is 13.7 Å². The number of hydrogen-bond donors (Lipinski definition) is 1. The lowest BCUT2D eigenvalue weighted by Crippen LogP contribution is -2.28. The molecule has 2 aromatic carbocycles. The number of carbonyl (C=O) groups is 2. The second-order valence-corrected chi connectivity index (χ2v) is 5.07. The van der Waals surface area contributed by atoms with Gasteiger partial charge in [0.2, 0.25) is 0 Å². The van der Waals surface area contributed by atoms with Crippen molar-refractivity contribution >= 4 is 11.9 Å². The Kier molecular flexibility index (Phi) is 6.90. The van der Waals surface area contributed by atoms with Crippen molar-refractivity contribution in [3.63, 3.8) is 0 Å². The zero-order valence-electron chi connectivity index (χ0n) is 13.9. The molecular weight excluding hydrogens is 348 g/mol. The van der Waals surface area contributed by atoms with Gasteiger partial charge in [-0.3, -0.25) is 4.79 Å². The van der Waals surface area contributed by atoms with Crippen LogP contribution in [-0.4, -0.2) is 32.2 Å². The van der Waals surface area contributed by atoms with Gasteiger partial charge >= 0.3 is 12.6 Å². The second kappa shape index (κ2) is 9.36. The van der Waals surface area contributed by atoms with Crippen LogP contribution in [0.2, 0.25) is 0 Å². The van der Waals surface area contributed by atoms with Crippen molar-refractivity contribution in [2.24, 2.45) is 0 Å². The zero-order valence-corrected chi connectivity index (χ0v) is 13.9. The maximum Gasteiger partial charge on any atom is 0.387 e. The van der Waals surface area contributed by atoms with Crippen LogP contribution in [0.15, 0.2) is 48.5 Å². The average Bonchev–Trinajstić information content (AvgIpc) is 2.64. The molecule has 1 N–H and O–H groups in total. The van der Waals surface area contributed by atoms with E-state index in [1.807, 2.05) is 0 Å². The van der Waals surface area contributed by atoms with Crippen molar-refractivity contribution in [3.8, 4) is 11.5 Å². The third-order valence-corrected chi connectivity index (χ3v) is 3.30. The molecule has 0 heterocycles. The van der Waals surface area contributed by atoms with Crippen LogP contribution < -0.4 is 14.8 Å². The molecule has 0 unspecified atom stereocenters. The van der Waals surface area contributed by atoms with Crippen LogP contribution in [0.3, 0.4) is 0 Å². The summed E-state index contributed by atoms with van der Waals surface area (Å²) >= 11 is 0. The van der Waals surface area contributed by atoms with E-state index >= 15 is 0 Å². The predicted molar refractivity (Wildman–Crippen MR) is 88.2 cm³/mol. The number of hydrogen-bond acceptors (Lipinski definition) is 5. The third-order valence-electron chi connectivity index (χ3n) is 3.30. The molecule has 0 aliphatic rings. The Morgan fingerprint density at radius 1 is 1.12 bits per heavy atom. The van der Waals surface area contributed by atoms with Crippen LogP contribution in [0.1, 0.15) is 15.9 Å². The molecule has 0 aromatic heterocycles. The van der Waals surface area contributed by atoms with Crippen LogP contribution >= 0.6 is 0 Å². The SMILES string of the molecule is COc1ccccc1CNC(=O)COC(=O)c1cccc(OC(F)F)c1. The van der Waals surface area contributed by atoms with E-state index in [9.17, 15) is 18.4 Å². The molecule has 138 valence electrons. The van der Waals surface area contributed by atoms with Crippen LogP contribution in [0.4, 0.5) is 8.78 Å². The van der Waals surface area contributed by atoms with Gasteiger partial charge in [-0.1, -0.05) is 24.3 Å². The van der Waals surface area contributed by atoms with Crippen molar-refractivity contribution < 1.29 is 32.6 Å².